The number of amides is 1. The van der Waals surface area contributed by atoms with Crippen LogP contribution in [0.3, 0.4) is 0 Å². The number of aromatic nitrogens is 1. The molecule has 1 aliphatic rings. The maximum Gasteiger partial charge on any atom is 0.271 e. The highest BCUT2D eigenvalue weighted by atomic mass is 32.1. The summed E-state index contributed by atoms with van der Waals surface area (Å²) in [6.07, 6.45) is 1.86. The summed E-state index contributed by atoms with van der Waals surface area (Å²) < 4.78 is 13.1. The molecular weight excluding hydrogens is 534 g/mol. The Morgan fingerprint density at radius 3 is 2.39 bits per heavy atom. The van der Waals surface area contributed by atoms with Crippen LogP contribution in [0.2, 0.25) is 0 Å². The fraction of sp³-hybridized carbons (Fsp3) is 0.121. The average Bonchev–Trinajstić information content (AvgIpc) is 3.31. The fourth-order valence-corrected chi connectivity index (χ4v) is 6.20. The Morgan fingerprint density at radius 1 is 0.927 bits per heavy atom. The van der Waals surface area contributed by atoms with E-state index in [1.165, 1.54) is 11.3 Å². The van der Waals surface area contributed by atoms with Crippen molar-refractivity contribution >= 4 is 39.8 Å². The summed E-state index contributed by atoms with van der Waals surface area (Å²) in [4.78, 5) is 33.2. The number of nitrogens with one attached hydrogen (secondary N) is 1. The smallest absolute Gasteiger partial charge is 0.271 e. The number of benzene rings is 4. The zero-order chi connectivity index (χ0) is 28.5. The van der Waals surface area contributed by atoms with E-state index in [0.717, 1.165) is 21.9 Å². The number of carbonyl (C=O) groups is 1. The minimum Gasteiger partial charge on any atom is -0.497 e. The second-order valence-electron chi connectivity index (χ2n) is 9.58. The summed E-state index contributed by atoms with van der Waals surface area (Å²) >= 11 is 1.29. The van der Waals surface area contributed by atoms with Crippen molar-refractivity contribution in [2.75, 3.05) is 19.5 Å². The molecular formula is C33H27N3O4S. The molecule has 6 rings (SSSR count). The van der Waals surface area contributed by atoms with Crippen LogP contribution in [0.5, 0.6) is 11.5 Å². The Morgan fingerprint density at radius 2 is 1.66 bits per heavy atom. The molecule has 7 nitrogen and oxygen atoms in total. The van der Waals surface area contributed by atoms with Crippen LogP contribution in [-0.2, 0) is 4.79 Å². The van der Waals surface area contributed by atoms with Crippen molar-refractivity contribution in [2.24, 2.45) is 4.99 Å². The van der Waals surface area contributed by atoms with Gasteiger partial charge in [0, 0.05) is 11.3 Å². The molecule has 0 aliphatic carbocycles. The van der Waals surface area contributed by atoms with Crippen molar-refractivity contribution in [3.8, 4) is 11.5 Å². The van der Waals surface area contributed by atoms with E-state index in [1.807, 2.05) is 97.1 Å². The van der Waals surface area contributed by atoms with E-state index in [0.29, 0.717) is 37.8 Å². The van der Waals surface area contributed by atoms with Gasteiger partial charge in [0.15, 0.2) is 4.80 Å². The second-order valence-corrected chi connectivity index (χ2v) is 10.6. The summed E-state index contributed by atoms with van der Waals surface area (Å²) in [5.41, 5.74) is 2.97. The largest absolute Gasteiger partial charge is 0.497 e. The number of thiazole rings is 1. The molecule has 0 saturated heterocycles. The van der Waals surface area contributed by atoms with E-state index in [9.17, 15) is 9.59 Å². The lowest BCUT2D eigenvalue weighted by Crippen LogP contribution is -2.40. The van der Waals surface area contributed by atoms with Gasteiger partial charge >= 0.3 is 0 Å². The topological polar surface area (TPSA) is 81.9 Å². The fourth-order valence-electron chi connectivity index (χ4n) is 5.17. The van der Waals surface area contributed by atoms with Gasteiger partial charge in [0.05, 0.1) is 36.1 Å². The minimum atomic E-state index is -0.683. The molecule has 0 radical (unpaired) electrons. The lowest BCUT2D eigenvalue weighted by Gasteiger charge is -2.25. The number of carbonyl (C=O) groups excluding carboxylic acids is 1. The van der Waals surface area contributed by atoms with Gasteiger partial charge in [-0.05, 0) is 59.7 Å². The monoisotopic (exact) mass is 561 g/mol. The third kappa shape index (κ3) is 4.83. The SMILES string of the molecule is COc1ccc([C@H]2C(C(=O)Nc3ccccc3)=C(C)N=c3s/c(=C/c4c(OC)ccc5ccccc45)c(=O)n32)cc1. The van der Waals surface area contributed by atoms with Gasteiger partial charge in [-0.2, -0.15) is 0 Å². The van der Waals surface area contributed by atoms with Crippen LogP contribution in [-0.4, -0.2) is 24.7 Å². The van der Waals surface area contributed by atoms with Gasteiger partial charge in [0.25, 0.3) is 11.5 Å². The van der Waals surface area contributed by atoms with Crippen LogP contribution >= 0.6 is 11.3 Å². The third-order valence-electron chi connectivity index (χ3n) is 7.16. The Labute approximate surface area is 240 Å². The molecule has 1 aromatic heterocycles. The minimum absolute atomic E-state index is 0.234. The van der Waals surface area contributed by atoms with E-state index < -0.39 is 6.04 Å². The second kappa shape index (κ2) is 10.9. The number of hydrogen-bond donors (Lipinski definition) is 1. The summed E-state index contributed by atoms with van der Waals surface area (Å²) in [6.45, 7) is 1.81. The molecule has 8 heteroatoms. The number of ether oxygens (including phenoxy) is 2. The number of para-hydroxylation sites is 1. The lowest BCUT2D eigenvalue weighted by molar-refractivity contribution is -0.113. The molecule has 1 atom stereocenters. The maximum absolute atomic E-state index is 14.2. The molecule has 5 aromatic rings. The first-order valence-electron chi connectivity index (χ1n) is 13.1. The third-order valence-corrected chi connectivity index (χ3v) is 8.14. The van der Waals surface area contributed by atoms with Gasteiger partial charge in [-0.25, -0.2) is 4.99 Å². The van der Waals surface area contributed by atoms with Crippen molar-refractivity contribution in [2.45, 2.75) is 13.0 Å². The average molecular weight is 562 g/mol. The zero-order valence-electron chi connectivity index (χ0n) is 22.8. The predicted octanol–water partition coefficient (Wildman–Crippen LogP) is 5.04. The highest BCUT2D eigenvalue weighted by Crippen LogP contribution is 2.32. The highest BCUT2D eigenvalue weighted by molar-refractivity contribution is 7.07. The maximum atomic E-state index is 14.2. The molecule has 0 spiro atoms. The summed E-state index contributed by atoms with van der Waals surface area (Å²) in [6, 6.07) is 27.9. The highest BCUT2D eigenvalue weighted by Gasteiger charge is 2.32. The van der Waals surface area contributed by atoms with E-state index in [-0.39, 0.29) is 11.5 Å². The molecule has 0 unspecified atom stereocenters. The number of nitrogens with zero attached hydrogens (tertiary/aromatic N) is 2. The Hall–Kier alpha value is -4.95. The standard InChI is InChI=1S/C33H27N3O4S/c1-20-29(31(37)35-23-10-5-4-6-11-23)30(22-13-16-24(39-2)17-14-22)36-32(38)28(41-33(36)34-20)19-26-25-12-8-7-9-21(25)15-18-27(26)40-3/h4-19,30H,1-3H3,(H,35,37)/b28-19+/t30-/m0/s1. The van der Waals surface area contributed by atoms with E-state index >= 15 is 0 Å². The van der Waals surface area contributed by atoms with E-state index in [2.05, 4.69) is 5.32 Å². The Balaban J connectivity index is 1.55. The first kappa shape index (κ1) is 26.3. The predicted molar refractivity (Wildman–Crippen MR) is 162 cm³/mol. The molecule has 41 heavy (non-hydrogen) atoms. The van der Waals surface area contributed by atoms with Crippen molar-refractivity contribution in [1.82, 2.24) is 4.57 Å². The van der Waals surface area contributed by atoms with Crippen molar-refractivity contribution in [3.63, 3.8) is 0 Å². The molecule has 0 saturated carbocycles. The summed E-state index contributed by atoms with van der Waals surface area (Å²) in [5.74, 6) is 1.03. The van der Waals surface area contributed by atoms with Gasteiger partial charge in [0.2, 0.25) is 0 Å². The number of hydrogen-bond acceptors (Lipinski definition) is 6. The molecule has 1 aliphatic heterocycles. The van der Waals surface area contributed by atoms with Crippen LogP contribution in [0.4, 0.5) is 5.69 Å². The quantitative estimate of drug-likeness (QED) is 0.315. The molecule has 204 valence electrons. The van der Waals surface area contributed by atoms with E-state index in [1.54, 1.807) is 25.7 Å². The van der Waals surface area contributed by atoms with Gasteiger partial charge in [-0.1, -0.05) is 72.0 Å². The van der Waals surface area contributed by atoms with Crippen molar-refractivity contribution in [1.29, 1.82) is 0 Å². The van der Waals surface area contributed by atoms with Gasteiger partial charge in [-0.3, -0.25) is 14.2 Å². The lowest BCUT2D eigenvalue weighted by atomic mass is 9.95. The van der Waals surface area contributed by atoms with Crippen LogP contribution in [0.25, 0.3) is 16.8 Å². The van der Waals surface area contributed by atoms with Gasteiger partial charge in [0.1, 0.15) is 11.5 Å². The van der Waals surface area contributed by atoms with Crippen LogP contribution in [0, 0.1) is 0 Å². The van der Waals surface area contributed by atoms with Gasteiger partial charge in [-0.15, -0.1) is 0 Å². The normalized spacial score (nSPS) is 14.9. The molecule has 0 fully saturated rings. The number of methoxy groups -OCH3 is 2. The van der Waals surface area contributed by atoms with Gasteiger partial charge < -0.3 is 14.8 Å². The van der Waals surface area contributed by atoms with Crippen LogP contribution in [0.15, 0.2) is 112 Å². The zero-order valence-corrected chi connectivity index (χ0v) is 23.6. The molecule has 0 bridgehead atoms. The number of fused-ring (bicyclic) bond motifs is 2. The van der Waals surface area contributed by atoms with Crippen LogP contribution in [0.1, 0.15) is 24.1 Å². The number of anilines is 1. The van der Waals surface area contributed by atoms with Crippen molar-refractivity contribution in [3.05, 3.63) is 133 Å². The number of allylic oxidation sites excluding steroid dienone is 1. The summed E-state index contributed by atoms with van der Waals surface area (Å²) in [7, 11) is 3.22. The Kier molecular flexibility index (Phi) is 6.99. The summed E-state index contributed by atoms with van der Waals surface area (Å²) in [5, 5.41) is 4.99. The Bertz CT molecular complexity index is 1990. The van der Waals surface area contributed by atoms with Crippen LogP contribution < -0.4 is 29.7 Å². The molecule has 2 heterocycles. The first-order chi connectivity index (χ1) is 20.0. The number of rotatable bonds is 6. The molecule has 1 N–H and O–H groups in total. The van der Waals surface area contributed by atoms with Crippen molar-refractivity contribution < 1.29 is 14.3 Å². The molecule has 1 amide bonds. The molecule has 4 aromatic carbocycles. The van der Waals surface area contributed by atoms with E-state index in [4.69, 9.17) is 14.5 Å². The first-order valence-corrected chi connectivity index (χ1v) is 13.9.